The van der Waals surface area contributed by atoms with E-state index in [0.29, 0.717) is 12.5 Å². The number of pyridine rings is 1. The second kappa shape index (κ2) is 6.01. The van der Waals surface area contributed by atoms with Gasteiger partial charge in [0.2, 0.25) is 5.91 Å². The number of aromatic nitrogens is 1. The highest BCUT2D eigenvalue weighted by Gasteiger charge is 2.15. The van der Waals surface area contributed by atoms with Crippen LogP contribution in [0.15, 0.2) is 36.5 Å². The van der Waals surface area contributed by atoms with Gasteiger partial charge in [-0.25, -0.2) is 0 Å². The maximum absolute atomic E-state index is 12.0. The van der Waals surface area contributed by atoms with Crippen LogP contribution in [0.5, 0.6) is 0 Å². The number of nitrogens with one attached hydrogen (secondary N) is 2. The third kappa shape index (κ3) is 3.14. The molecule has 2 aromatic rings. The number of carbonyl (C=O) groups excluding carboxylic acids is 1. The van der Waals surface area contributed by atoms with E-state index in [1.54, 1.807) is 6.20 Å². The van der Waals surface area contributed by atoms with Crippen LogP contribution >= 0.6 is 0 Å². The second-order valence-corrected chi connectivity index (χ2v) is 5.29. The van der Waals surface area contributed by atoms with E-state index in [1.165, 1.54) is 12.8 Å². The Hall–Kier alpha value is -1.94. The van der Waals surface area contributed by atoms with E-state index in [9.17, 15) is 4.79 Å². The van der Waals surface area contributed by atoms with Crippen molar-refractivity contribution in [2.24, 2.45) is 0 Å². The van der Waals surface area contributed by atoms with Gasteiger partial charge in [0.15, 0.2) is 0 Å². The molecule has 1 aliphatic heterocycles. The number of hydrogen-bond acceptors (Lipinski definition) is 3. The molecule has 2 heterocycles. The van der Waals surface area contributed by atoms with E-state index in [1.807, 2.05) is 30.3 Å². The zero-order chi connectivity index (χ0) is 13.8. The minimum absolute atomic E-state index is 0.0851. The molecule has 104 valence electrons. The molecule has 1 saturated heterocycles. The molecule has 3 rings (SSSR count). The van der Waals surface area contributed by atoms with Crippen LogP contribution in [0.1, 0.15) is 25.7 Å². The predicted molar refractivity (Wildman–Crippen MR) is 80.6 cm³/mol. The van der Waals surface area contributed by atoms with E-state index >= 15 is 0 Å². The molecule has 1 amide bonds. The molecular weight excluding hydrogens is 250 g/mol. The summed E-state index contributed by atoms with van der Waals surface area (Å²) in [6.07, 6.45) is 5.68. The van der Waals surface area contributed by atoms with Gasteiger partial charge in [-0.1, -0.05) is 6.07 Å². The Kier molecular flexibility index (Phi) is 3.92. The van der Waals surface area contributed by atoms with Crippen LogP contribution in [0.25, 0.3) is 10.9 Å². The maximum Gasteiger partial charge on any atom is 0.224 e. The first-order valence-corrected chi connectivity index (χ1v) is 7.19. The van der Waals surface area contributed by atoms with Crippen molar-refractivity contribution in [2.75, 3.05) is 11.9 Å². The molecule has 1 fully saturated rings. The van der Waals surface area contributed by atoms with Crippen molar-refractivity contribution in [2.45, 2.75) is 31.7 Å². The van der Waals surface area contributed by atoms with Gasteiger partial charge in [0.25, 0.3) is 0 Å². The molecular formula is C16H19N3O. The molecule has 1 unspecified atom stereocenters. The summed E-state index contributed by atoms with van der Waals surface area (Å²) in [6.45, 7) is 1.09. The van der Waals surface area contributed by atoms with Crippen molar-refractivity contribution in [1.29, 1.82) is 0 Å². The van der Waals surface area contributed by atoms with Crippen molar-refractivity contribution in [3.63, 3.8) is 0 Å². The molecule has 1 atom stereocenters. The summed E-state index contributed by atoms with van der Waals surface area (Å²) >= 11 is 0. The lowest BCUT2D eigenvalue weighted by Crippen LogP contribution is -2.23. The van der Waals surface area contributed by atoms with Crippen molar-refractivity contribution in [1.82, 2.24) is 10.3 Å². The fourth-order valence-corrected chi connectivity index (χ4v) is 2.69. The van der Waals surface area contributed by atoms with Crippen LogP contribution < -0.4 is 10.6 Å². The van der Waals surface area contributed by atoms with Gasteiger partial charge in [0, 0.05) is 29.7 Å². The number of benzene rings is 1. The number of rotatable bonds is 4. The zero-order valence-corrected chi connectivity index (χ0v) is 11.4. The number of nitrogens with zero attached hydrogens (tertiary/aromatic N) is 1. The first-order chi connectivity index (χ1) is 9.81. The molecule has 1 aromatic carbocycles. The highest BCUT2D eigenvalue weighted by atomic mass is 16.1. The van der Waals surface area contributed by atoms with Gasteiger partial charge >= 0.3 is 0 Å². The fourth-order valence-electron chi connectivity index (χ4n) is 2.69. The van der Waals surface area contributed by atoms with Crippen molar-refractivity contribution >= 4 is 22.5 Å². The van der Waals surface area contributed by atoms with Gasteiger partial charge < -0.3 is 10.6 Å². The average molecular weight is 269 g/mol. The summed E-state index contributed by atoms with van der Waals surface area (Å²) in [5.74, 6) is 0.0851. The first-order valence-electron chi connectivity index (χ1n) is 7.19. The van der Waals surface area contributed by atoms with Crippen LogP contribution in [0.2, 0.25) is 0 Å². The minimum atomic E-state index is 0.0851. The molecule has 1 aromatic heterocycles. The maximum atomic E-state index is 12.0. The standard InChI is InChI=1S/C16H19N3O/c20-16(8-6-13-4-2-9-17-13)19-14-5-7-15-12(11-14)3-1-10-18-15/h1,3,5,7,10-11,13,17H,2,4,6,8-9H2,(H,19,20). The zero-order valence-electron chi connectivity index (χ0n) is 11.4. The fraction of sp³-hybridized carbons (Fsp3) is 0.375. The summed E-state index contributed by atoms with van der Waals surface area (Å²) in [5.41, 5.74) is 1.79. The van der Waals surface area contributed by atoms with Crippen LogP contribution in [0, 0.1) is 0 Å². The molecule has 0 saturated carbocycles. The van der Waals surface area contributed by atoms with Crippen LogP contribution in [-0.4, -0.2) is 23.5 Å². The number of fused-ring (bicyclic) bond motifs is 1. The first kappa shape index (κ1) is 13.1. The second-order valence-electron chi connectivity index (χ2n) is 5.29. The highest BCUT2D eigenvalue weighted by Crippen LogP contribution is 2.18. The molecule has 0 radical (unpaired) electrons. The molecule has 0 bridgehead atoms. The van der Waals surface area contributed by atoms with Gasteiger partial charge in [0.1, 0.15) is 0 Å². The number of amides is 1. The lowest BCUT2D eigenvalue weighted by atomic mass is 10.1. The third-order valence-electron chi connectivity index (χ3n) is 3.77. The van der Waals surface area contributed by atoms with Gasteiger partial charge in [-0.2, -0.15) is 0 Å². The Morgan fingerprint density at radius 3 is 3.20 bits per heavy atom. The lowest BCUT2D eigenvalue weighted by Gasteiger charge is -2.10. The Balaban J connectivity index is 1.59. The summed E-state index contributed by atoms with van der Waals surface area (Å²) in [4.78, 5) is 16.2. The van der Waals surface area contributed by atoms with Gasteiger partial charge in [-0.05, 0) is 50.1 Å². The largest absolute Gasteiger partial charge is 0.326 e. The number of carbonyl (C=O) groups is 1. The van der Waals surface area contributed by atoms with E-state index in [0.717, 1.165) is 29.6 Å². The van der Waals surface area contributed by atoms with E-state index in [4.69, 9.17) is 0 Å². The monoisotopic (exact) mass is 269 g/mol. The molecule has 0 aliphatic carbocycles. The molecule has 4 heteroatoms. The molecule has 4 nitrogen and oxygen atoms in total. The SMILES string of the molecule is O=C(CCC1CCCN1)Nc1ccc2ncccc2c1. The van der Waals surface area contributed by atoms with Crippen molar-refractivity contribution in [3.05, 3.63) is 36.5 Å². The average Bonchev–Trinajstić information content (AvgIpc) is 2.98. The Morgan fingerprint density at radius 1 is 1.40 bits per heavy atom. The third-order valence-corrected chi connectivity index (χ3v) is 3.77. The smallest absolute Gasteiger partial charge is 0.224 e. The van der Waals surface area contributed by atoms with E-state index in [2.05, 4.69) is 15.6 Å². The summed E-state index contributed by atoms with van der Waals surface area (Å²) in [5, 5.41) is 7.42. The highest BCUT2D eigenvalue weighted by molar-refractivity contribution is 5.93. The Morgan fingerprint density at radius 2 is 2.35 bits per heavy atom. The lowest BCUT2D eigenvalue weighted by molar-refractivity contribution is -0.116. The van der Waals surface area contributed by atoms with E-state index < -0.39 is 0 Å². The van der Waals surface area contributed by atoms with Gasteiger partial charge in [0.05, 0.1) is 5.52 Å². The minimum Gasteiger partial charge on any atom is -0.326 e. The number of hydrogen-bond donors (Lipinski definition) is 2. The molecule has 0 spiro atoms. The van der Waals surface area contributed by atoms with E-state index in [-0.39, 0.29) is 5.91 Å². The predicted octanol–water partition coefficient (Wildman–Crippen LogP) is 2.71. The topological polar surface area (TPSA) is 54.0 Å². The normalized spacial score (nSPS) is 18.3. The van der Waals surface area contributed by atoms with Gasteiger partial charge in [-0.3, -0.25) is 9.78 Å². The quantitative estimate of drug-likeness (QED) is 0.897. The van der Waals surface area contributed by atoms with Gasteiger partial charge in [-0.15, -0.1) is 0 Å². The molecule has 20 heavy (non-hydrogen) atoms. The van der Waals surface area contributed by atoms with Crippen LogP contribution in [0.4, 0.5) is 5.69 Å². The summed E-state index contributed by atoms with van der Waals surface area (Å²) in [7, 11) is 0. The number of anilines is 1. The van der Waals surface area contributed by atoms with Crippen molar-refractivity contribution < 1.29 is 4.79 Å². The van der Waals surface area contributed by atoms with Crippen LogP contribution in [-0.2, 0) is 4.79 Å². The Labute approximate surface area is 118 Å². The molecule has 2 N–H and O–H groups in total. The Bertz CT molecular complexity index is 605. The summed E-state index contributed by atoms with van der Waals surface area (Å²) < 4.78 is 0. The van der Waals surface area contributed by atoms with Crippen LogP contribution in [0.3, 0.4) is 0 Å². The van der Waals surface area contributed by atoms with Crippen molar-refractivity contribution in [3.8, 4) is 0 Å². The molecule has 1 aliphatic rings. The summed E-state index contributed by atoms with van der Waals surface area (Å²) in [6, 6.07) is 10.2.